The fraction of sp³-hybridized carbons (Fsp3) is 0.375. The SMILES string of the molecule is CC(C)CN1C(=O)NC(=O)C(C)(NC(=O)c2cc(F)c(F)c(F)c2F)C1=O. The largest absolute Gasteiger partial charge is 0.330 e. The summed E-state index contributed by atoms with van der Waals surface area (Å²) >= 11 is 0. The first-order chi connectivity index (χ1) is 12.4. The Morgan fingerprint density at radius 1 is 1.15 bits per heavy atom. The lowest BCUT2D eigenvalue weighted by Gasteiger charge is -2.37. The molecule has 1 atom stereocenters. The standard InChI is InChI=1S/C16H15F4N3O4/c1-6(2)5-23-14(26)16(3,13(25)21-15(23)27)22-12(24)7-4-8(17)10(19)11(20)9(7)18/h4,6H,5H2,1-3H3,(H,22,24)(H,21,25,27). The Hall–Kier alpha value is -2.98. The van der Waals surface area contributed by atoms with Gasteiger partial charge < -0.3 is 5.32 Å². The minimum atomic E-state index is -2.35. The lowest BCUT2D eigenvalue weighted by atomic mass is 9.95. The van der Waals surface area contributed by atoms with Gasteiger partial charge in [-0.2, -0.15) is 0 Å². The molecular weight excluding hydrogens is 374 g/mol. The van der Waals surface area contributed by atoms with Crippen molar-refractivity contribution in [3.63, 3.8) is 0 Å². The Balaban J connectivity index is 2.39. The monoisotopic (exact) mass is 389 g/mol. The van der Waals surface area contributed by atoms with E-state index in [0.717, 1.165) is 6.92 Å². The maximum Gasteiger partial charge on any atom is 0.330 e. The van der Waals surface area contributed by atoms with Gasteiger partial charge in [-0.15, -0.1) is 0 Å². The molecule has 1 aliphatic rings. The van der Waals surface area contributed by atoms with E-state index in [9.17, 15) is 36.7 Å². The van der Waals surface area contributed by atoms with Crippen LogP contribution in [0.2, 0.25) is 0 Å². The van der Waals surface area contributed by atoms with E-state index >= 15 is 0 Å². The molecule has 0 saturated carbocycles. The summed E-state index contributed by atoms with van der Waals surface area (Å²) in [6, 6.07) is -0.912. The Morgan fingerprint density at radius 2 is 1.74 bits per heavy atom. The molecule has 1 unspecified atom stereocenters. The fourth-order valence-electron chi connectivity index (χ4n) is 2.42. The lowest BCUT2D eigenvalue weighted by molar-refractivity contribution is -0.145. The van der Waals surface area contributed by atoms with Gasteiger partial charge in [0.2, 0.25) is 0 Å². The molecular formula is C16H15F4N3O4. The molecule has 1 fully saturated rings. The molecule has 0 aliphatic carbocycles. The van der Waals surface area contributed by atoms with E-state index in [2.05, 4.69) is 0 Å². The number of rotatable bonds is 4. The summed E-state index contributed by atoms with van der Waals surface area (Å²) in [6.07, 6.45) is 0. The Kier molecular flexibility index (Phi) is 5.25. The molecule has 0 spiro atoms. The van der Waals surface area contributed by atoms with Crippen molar-refractivity contribution in [3.8, 4) is 0 Å². The highest BCUT2D eigenvalue weighted by molar-refractivity contribution is 6.23. The van der Waals surface area contributed by atoms with Crippen molar-refractivity contribution in [2.45, 2.75) is 26.3 Å². The molecule has 1 saturated heterocycles. The van der Waals surface area contributed by atoms with Crippen LogP contribution in [0.25, 0.3) is 0 Å². The fourth-order valence-corrected chi connectivity index (χ4v) is 2.42. The minimum absolute atomic E-state index is 0.0857. The highest BCUT2D eigenvalue weighted by atomic mass is 19.2. The highest BCUT2D eigenvalue weighted by Crippen LogP contribution is 2.21. The third kappa shape index (κ3) is 3.49. The number of nitrogens with zero attached hydrogens (tertiary/aromatic N) is 1. The molecule has 0 bridgehead atoms. The van der Waals surface area contributed by atoms with Crippen molar-refractivity contribution in [2.75, 3.05) is 6.54 Å². The van der Waals surface area contributed by atoms with Crippen molar-refractivity contribution in [2.24, 2.45) is 5.92 Å². The number of imide groups is 2. The average molecular weight is 389 g/mol. The van der Waals surface area contributed by atoms with Crippen molar-refractivity contribution in [3.05, 3.63) is 34.9 Å². The molecule has 5 amide bonds. The predicted octanol–water partition coefficient (Wildman–Crippen LogP) is 1.47. The number of carbonyl (C=O) groups excluding carboxylic acids is 4. The van der Waals surface area contributed by atoms with Crippen LogP contribution in [0.1, 0.15) is 31.1 Å². The van der Waals surface area contributed by atoms with Gasteiger partial charge in [0, 0.05) is 6.54 Å². The van der Waals surface area contributed by atoms with Crippen LogP contribution in [0.4, 0.5) is 22.4 Å². The van der Waals surface area contributed by atoms with Gasteiger partial charge in [-0.3, -0.25) is 24.6 Å². The number of hydrogen-bond donors (Lipinski definition) is 2. The number of urea groups is 1. The second kappa shape index (κ2) is 6.97. The Bertz CT molecular complexity index is 859. The molecule has 0 radical (unpaired) electrons. The van der Waals surface area contributed by atoms with Crippen LogP contribution >= 0.6 is 0 Å². The third-order valence-corrected chi connectivity index (χ3v) is 3.85. The van der Waals surface area contributed by atoms with Gasteiger partial charge in [-0.1, -0.05) is 13.8 Å². The second-order valence-corrected chi connectivity index (χ2v) is 6.50. The third-order valence-electron chi connectivity index (χ3n) is 3.85. The van der Waals surface area contributed by atoms with Gasteiger partial charge in [0.15, 0.2) is 28.8 Å². The molecule has 2 rings (SSSR count). The summed E-state index contributed by atoms with van der Waals surface area (Å²) in [4.78, 5) is 49.4. The molecule has 1 heterocycles. The molecule has 0 aromatic heterocycles. The summed E-state index contributed by atoms with van der Waals surface area (Å²) in [5.41, 5.74) is -3.60. The van der Waals surface area contributed by atoms with Crippen LogP contribution in [-0.4, -0.2) is 40.7 Å². The normalized spacial score (nSPS) is 20.1. The van der Waals surface area contributed by atoms with Gasteiger partial charge in [-0.25, -0.2) is 22.4 Å². The number of benzene rings is 1. The van der Waals surface area contributed by atoms with Crippen molar-refractivity contribution >= 4 is 23.8 Å². The predicted molar refractivity (Wildman–Crippen MR) is 82.2 cm³/mol. The number of carbonyl (C=O) groups is 4. The summed E-state index contributed by atoms with van der Waals surface area (Å²) in [5.74, 6) is -12.2. The quantitative estimate of drug-likeness (QED) is 0.353. The first-order valence-electron chi connectivity index (χ1n) is 7.73. The number of barbiturate groups is 1. The number of halogens is 4. The molecule has 1 aromatic rings. The molecule has 146 valence electrons. The van der Waals surface area contributed by atoms with Gasteiger partial charge in [0.25, 0.3) is 17.7 Å². The van der Waals surface area contributed by atoms with Gasteiger partial charge in [0.1, 0.15) is 0 Å². The molecule has 27 heavy (non-hydrogen) atoms. The maximum atomic E-state index is 13.8. The van der Waals surface area contributed by atoms with E-state index < -0.39 is 58.1 Å². The average Bonchev–Trinajstić information content (AvgIpc) is 2.58. The van der Waals surface area contributed by atoms with Crippen LogP contribution in [0.5, 0.6) is 0 Å². The zero-order valence-electron chi connectivity index (χ0n) is 14.5. The van der Waals surface area contributed by atoms with Crippen LogP contribution in [0, 0.1) is 29.2 Å². The zero-order valence-corrected chi connectivity index (χ0v) is 14.5. The molecule has 2 N–H and O–H groups in total. The van der Waals surface area contributed by atoms with E-state index in [1.54, 1.807) is 13.8 Å². The lowest BCUT2D eigenvalue weighted by Crippen LogP contribution is -2.73. The smallest absolute Gasteiger partial charge is 0.330 e. The Morgan fingerprint density at radius 3 is 2.30 bits per heavy atom. The van der Waals surface area contributed by atoms with Crippen molar-refractivity contribution < 1.29 is 36.7 Å². The first kappa shape index (κ1) is 20.3. The Labute approximate surface area is 150 Å². The van der Waals surface area contributed by atoms with E-state index in [-0.39, 0.29) is 18.5 Å². The van der Waals surface area contributed by atoms with Gasteiger partial charge in [0.05, 0.1) is 5.56 Å². The minimum Gasteiger partial charge on any atom is -0.330 e. The van der Waals surface area contributed by atoms with Crippen molar-refractivity contribution in [1.82, 2.24) is 15.5 Å². The number of hydrogen-bond acceptors (Lipinski definition) is 4. The van der Waals surface area contributed by atoms with E-state index in [4.69, 9.17) is 0 Å². The van der Waals surface area contributed by atoms with Gasteiger partial charge >= 0.3 is 6.03 Å². The summed E-state index contributed by atoms with van der Waals surface area (Å²) in [7, 11) is 0. The second-order valence-electron chi connectivity index (χ2n) is 6.50. The van der Waals surface area contributed by atoms with Crippen molar-refractivity contribution in [1.29, 1.82) is 0 Å². The van der Waals surface area contributed by atoms with Gasteiger partial charge in [-0.05, 0) is 18.9 Å². The maximum absolute atomic E-state index is 13.8. The number of amides is 5. The van der Waals surface area contributed by atoms with E-state index in [1.807, 2.05) is 10.6 Å². The van der Waals surface area contributed by atoms with E-state index in [0.29, 0.717) is 4.90 Å². The summed E-state index contributed by atoms with van der Waals surface area (Å²) in [5, 5.41) is 3.73. The molecule has 1 aromatic carbocycles. The van der Waals surface area contributed by atoms with Crippen LogP contribution < -0.4 is 10.6 Å². The van der Waals surface area contributed by atoms with Crippen LogP contribution in [-0.2, 0) is 9.59 Å². The molecule has 1 aliphatic heterocycles. The highest BCUT2D eigenvalue weighted by Gasteiger charge is 2.52. The topological polar surface area (TPSA) is 95.6 Å². The first-order valence-corrected chi connectivity index (χ1v) is 7.73. The summed E-state index contributed by atoms with van der Waals surface area (Å²) in [6.45, 7) is 4.23. The van der Waals surface area contributed by atoms with E-state index in [1.165, 1.54) is 0 Å². The molecule has 11 heteroatoms. The number of nitrogens with one attached hydrogen (secondary N) is 2. The zero-order chi connectivity index (χ0) is 20.7. The summed E-state index contributed by atoms with van der Waals surface area (Å²) < 4.78 is 53.4. The van der Waals surface area contributed by atoms with Crippen LogP contribution in [0.15, 0.2) is 6.07 Å². The molecule has 7 nitrogen and oxygen atoms in total. The van der Waals surface area contributed by atoms with Crippen LogP contribution in [0.3, 0.4) is 0 Å².